The molecule has 0 atom stereocenters. The molecule has 3 rings (SSSR count). The summed E-state index contributed by atoms with van der Waals surface area (Å²) in [6.45, 7) is 3.41. The summed E-state index contributed by atoms with van der Waals surface area (Å²) >= 11 is 1.22. The average Bonchev–Trinajstić information content (AvgIpc) is 2.66. The topological polar surface area (TPSA) is 76.9 Å². The summed E-state index contributed by atoms with van der Waals surface area (Å²) in [5.41, 5.74) is -2.99. The second-order valence-corrected chi connectivity index (χ2v) is 7.02. The molecular formula is C19H14F3N3O3S. The predicted octanol–water partition coefficient (Wildman–Crippen LogP) is 3.04. The summed E-state index contributed by atoms with van der Waals surface area (Å²) in [5, 5.41) is 0. The summed E-state index contributed by atoms with van der Waals surface area (Å²) in [6, 6.07) is 11.0. The summed E-state index contributed by atoms with van der Waals surface area (Å²) in [6.07, 6.45) is -3.04. The molecule has 1 N–H and O–H groups in total. The van der Waals surface area contributed by atoms with Gasteiger partial charge in [0.15, 0.2) is 0 Å². The van der Waals surface area contributed by atoms with Gasteiger partial charge in [-0.05, 0) is 48.5 Å². The molecule has 1 heterocycles. The summed E-state index contributed by atoms with van der Waals surface area (Å²) < 4.78 is 39.5. The highest BCUT2D eigenvalue weighted by Gasteiger charge is 2.29. The fourth-order valence-corrected chi connectivity index (χ4v) is 3.35. The van der Waals surface area contributed by atoms with Crippen LogP contribution in [0.5, 0.6) is 0 Å². The molecule has 0 saturated carbocycles. The van der Waals surface area contributed by atoms with Crippen LogP contribution < -0.4 is 17.1 Å². The minimum Gasteiger partial charge on any atom is -0.258 e. The third-order valence-electron chi connectivity index (χ3n) is 3.91. The number of benzene rings is 2. The maximum absolute atomic E-state index is 12.6. The second-order valence-electron chi connectivity index (χ2n) is 5.87. The second kappa shape index (κ2) is 8.00. The summed E-state index contributed by atoms with van der Waals surface area (Å²) in [4.78, 5) is 39.6. The van der Waals surface area contributed by atoms with E-state index >= 15 is 0 Å². The Balaban J connectivity index is 1.89. The Morgan fingerprint density at radius 1 is 0.931 bits per heavy atom. The standard InChI is InChI=1S/C19H14F3N3O3S/c1-2-11-24-16(26)23-17(27)25(18(24)28)13-5-9-15(10-6-13)29-14-7-3-12(4-8-14)19(20,21)22/h2-10H,1,11H2,(H,23,26,27). The van der Waals surface area contributed by atoms with Gasteiger partial charge in [0.1, 0.15) is 0 Å². The Bertz CT molecular complexity index is 1210. The number of allylic oxidation sites excluding steroid dienone is 1. The van der Waals surface area contributed by atoms with Crippen LogP contribution in [0.25, 0.3) is 5.69 Å². The minimum absolute atomic E-state index is 0.0592. The van der Waals surface area contributed by atoms with Crippen molar-refractivity contribution < 1.29 is 13.2 Å². The third-order valence-corrected chi connectivity index (χ3v) is 4.92. The number of aromatic amines is 1. The fraction of sp³-hybridized carbons (Fsp3) is 0.105. The van der Waals surface area contributed by atoms with E-state index in [2.05, 4.69) is 11.6 Å². The van der Waals surface area contributed by atoms with Crippen LogP contribution in [0.4, 0.5) is 13.2 Å². The molecule has 0 aliphatic rings. The van der Waals surface area contributed by atoms with Crippen molar-refractivity contribution in [3.8, 4) is 5.69 Å². The maximum Gasteiger partial charge on any atom is 0.416 e. The van der Waals surface area contributed by atoms with Crippen LogP contribution in [-0.4, -0.2) is 14.1 Å². The van der Waals surface area contributed by atoms with E-state index in [1.165, 1.54) is 42.1 Å². The van der Waals surface area contributed by atoms with Gasteiger partial charge in [0, 0.05) is 9.79 Å². The molecule has 2 aromatic carbocycles. The van der Waals surface area contributed by atoms with Gasteiger partial charge in [-0.15, -0.1) is 6.58 Å². The molecule has 150 valence electrons. The molecule has 6 nitrogen and oxygen atoms in total. The highest BCUT2D eigenvalue weighted by atomic mass is 32.2. The first-order valence-electron chi connectivity index (χ1n) is 8.23. The van der Waals surface area contributed by atoms with E-state index in [9.17, 15) is 27.6 Å². The van der Waals surface area contributed by atoms with E-state index in [-0.39, 0.29) is 12.2 Å². The van der Waals surface area contributed by atoms with E-state index < -0.39 is 28.8 Å². The monoisotopic (exact) mass is 421 g/mol. The average molecular weight is 421 g/mol. The normalized spacial score (nSPS) is 11.4. The van der Waals surface area contributed by atoms with Gasteiger partial charge < -0.3 is 0 Å². The van der Waals surface area contributed by atoms with Gasteiger partial charge in [0.25, 0.3) is 0 Å². The first-order chi connectivity index (χ1) is 13.7. The number of hydrogen-bond acceptors (Lipinski definition) is 4. The van der Waals surface area contributed by atoms with Crippen molar-refractivity contribution >= 4 is 11.8 Å². The van der Waals surface area contributed by atoms with Gasteiger partial charge in [-0.3, -0.25) is 4.98 Å². The van der Waals surface area contributed by atoms with E-state index in [0.717, 1.165) is 21.3 Å². The van der Waals surface area contributed by atoms with Crippen molar-refractivity contribution in [2.45, 2.75) is 22.5 Å². The molecule has 0 spiro atoms. The van der Waals surface area contributed by atoms with Crippen LogP contribution in [0, 0.1) is 0 Å². The molecule has 29 heavy (non-hydrogen) atoms. The van der Waals surface area contributed by atoms with Gasteiger partial charge in [0.05, 0.1) is 17.8 Å². The molecule has 0 aliphatic heterocycles. The fourth-order valence-electron chi connectivity index (χ4n) is 2.54. The van der Waals surface area contributed by atoms with Crippen molar-refractivity contribution in [2.24, 2.45) is 0 Å². The number of hydrogen-bond donors (Lipinski definition) is 1. The number of rotatable bonds is 5. The molecule has 3 aromatic rings. The Kier molecular flexibility index (Phi) is 5.64. The quantitative estimate of drug-likeness (QED) is 0.643. The third kappa shape index (κ3) is 4.43. The van der Waals surface area contributed by atoms with Gasteiger partial charge in [-0.1, -0.05) is 17.8 Å². The SMILES string of the molecule is C=CCn1c(=O)[nH]c(=O)n(-c2ccc(Sc3ccc(C(F)(F)F)cc3)cc2)c1=O. The zero-order valence-corrected chi connectivity index (χ0v) is 15.6. The molecular weight excluding hydrogens is 407 g/mol. The Hall–Kier alpha value is -3.27. The molecule has 0 radical (unpaired) electrons. The number of nitrogens with zero attached hydrogens (tertiary/aromatic N) is 2. The van der Waals surface area contributed by atoms with Gasteiger partial charge in [-0.25, -0.2) is 23.5 Å². The smallest absolute Gasteiger partial charge is 0.258 e. The summed E-state index contributed by atoms with van der Waals surface area (Å²) in [5.74, 6) is 0. The lowest BCUT2D eigenvalue weighted by Gasteiger charge is -2.09. The van der Waals surface area contributed by atoms with Gasteiger partial charge >= 0.3 is 23.2 Å². The van der Waals surface area contributed by atoms with E-state index in [1.807, 2.05) is 0 Å². The number of nitrogens with one attached hydrogen (secondary N) is 1. The Morgan fingerprint density at radius 2 is 1.48 bits per heavy atom. The van der Waals surface area contributed by atoms with Crippen molar-refractivity contribution in [2.75, 3.05) is 0 Å². The number of alkyl halides is 3. The lowest BCUT2D eigenvalue weighted by Crippen LogP contribution is -2.48. The Morgan fingerprint density at radius 3 is 2.00 bits per heavy atom. The van der Waals surface area contributed by atoms with Crippen molar-refractivity contribution in [1.29, 1.82) is 0 Å². The van der Waals surface area contributed by atoms with E-state index in [0.29, 0.717) is 9.79 Å². The first kappa shape index (κ1) is 20.5. The van der Waals surface area contributed by atoms with Crippen molar-refractivity contribution in [1.82, 2.24) is 14.1 Å². The highest BCUT2D eigenvalue weighted by molar-refractivity contribution is 7.99. The van der Waals surface area contributed by atoms with E-state index in [1.54, 1.807) is 12.1 Å². The lowest BCUT2D eigenvalue weighted by molar-refractivity contribution is -0.137. The first-order valence-corrected chi connectivity index (χ1v) is 9.05. The van der Waals surface area contributed by atoms with Crippen LogP contribution in [-0.2, 0) is 12.7 Å². The molecule has 10 heteroatoms. The van der Waals surface area contributed by atoms with Crippen molar-refractivity contribution in [3.63, 3.8) is 0 Å². The van der Waals surface area contributed by atoms with Crippen molar-refractivity contribution in [3.05, 3.63) is 98.2 Å². The largest absolute Gasteiger partial charge is 0.416 e. The molecule has 0 saturated heterocycles. The van der Waals surface area contributed by atoms with Gasteiger partial charge in [0.2, 0.25) is 0 Å². The van der Waals surface area contributed by atoms with Crippen LogP contribution in [0.3, 0.4) is 0 Å². The maximum atomic E-state index is 12.6. The number of H-pyrrole nitrogens is 1. The van der Waals surface area contributed by atoms with Gasteiger partial charge in [-0.2, -0.15) is 13.2 Å². The summed E-state index contributed by atoms with van der Waals surface area (Å²) in [7, 11) is 0. The molecule has 0 aliphatic carbocycles. The van der Waals surface area contributed by atoms with Crippen LogP contribution >= 0.6 is 11.8 Å². The molecule has 0 bridgehead atoms. The molecule has 0 fully saturated rings. The molecule has 0 amide bonds. The zero-order chi connectivity index (χ0) is 21.2. The number of halogens is 3. The predicted molar refractivity (Wildman–Crippen MR) is 103 cm³/mol. The number of aromatic nitrogens is 3. The van der Waals surface area contributed by atoms with Crippen LogP contribution in [0.2, 0.25) is 0 Å². The molecule has 0 unspecified atom stereocenters. The van der Waals surface area contributed by atoms with E-state index in [4.69, 9.17) is 0 Å². The Labute approximate surface area is 165 Å². The van der Waals surface area contributed by atoms with Crippen LogP contribution in [0.1, 0.15) is 5.56 Å². The van der Waals surface area contributed by atoms with Crippen LogP contribution in [0.15, 0.2) is 85.4 Å². The zero-order valence-electron chi connectivity index (χ0n) is 14.8. The minimum atomic E-state index is -4.40. The molecule has 1 aromatic heterocycles. The highest BCUT2D eigenvalue weighted by Crippen LogP contribution is 2.33. The lowest BCUT2D eigenvalue weighted by atomic mass is 10.2.